The number of benzene rings is 2. The number of ether oxygens (including phenoxy) is 2. The van der Waals surface area contributed by atoms with Crippen LogP contribution < -0.4 is 15.4 Å². The number of nitrogens with zero attached hydrogens (tertiary/aromatic N) is 2. The van der Waals surface area contributed by atoms with Crippen molar-refractivity contribution in [3.05, 3.63) is 54.2 Å². The number of aromatic nitrogens is 2. The van der Waals surface area contributed by atoms with Gasteiger partial charge in [-0.1, -0.05) is 0 Å². The highest BCUT2D eigenvalue weighted by atomic mass is 32.1. The van der Waals surface area contributed by atoms with Crippen molar-refractivity contribution >= 4 is 39.8 Å². The fourth-order valence-corrected chi connectivity index (χ4v) is 3.57. The van der Waals surface area contributed by atoms with Crippen molar-refractivity contribution in [1.29, 1.82) is 0 Å². The molecule has 1 unspecified atom stereocenters. The fourth-order valence-electron chi connectivity index (χ4n) is 3.36. The Morgan fingerprint density at radius 1 is 1.24 bits per heavy atom. The van der Waals surface area contributed by atoms with Crippen molar-refractivity contribution in [3.63, 3.8) is 0 Å². The number of carbonyl (C=O) groups excluding carboxylic acids is 1. The molecule has 29 heavy (non-hydrogen) atoms. The first-order valence-electron chi connectivity index (χ1n) is 9.49. The Kier molecular flexibility index (Phi) is 5.73. The number of fused-ring (bicyclic) bond motifs is 1. The second-order valence-corrected chi connectivity index (χ2v) is 7.23. The van der Waals surface area contributed by atoms with Crippen molar-refractivity contribution in [3.8, 4) is 5.75 Å². The molecule has 0 aliphatic carbocycles. The lowest BCUT2D eigenvalue weighted by Gasteiger charge is -2.23. The molecule has 150 valence electrons. The lowest BCUT2D eigenvalue weighted by Crippen LogP contribution is -2.34. The summed E-state index contributed by atoms with van der Waals surface area (Å²) in [5.41, 5.74) is 2.29. The van der Waals surface area contributed by atoms with E-state index in [0.29, 0.717) is 11.3 Å². The molecular weight excluding hydrogens is 388 g/mol. The van der Waals surface area contributed by atoms with Crippen LogP contribution in [0.15, 0.2) is 48.7 Å². The second kappa shape index (κ2) is 8.59. The van der Waals surface area contributed by atoms with E-state index >= 15 is 0 Å². The highest BCUT2D eigenvalue weighted by Gasteiger charge is 2.18. The third-order valence-corrected chi connectivity index (χ3v) is 5.07. The summed E-state index contributed by atoms with van der Waals surface area (Å²) in [7, 11) is 1.58. The molecule has 1 aliphatic rings. The van der Waals surface area contributed by atoms with Crippen LogP contribution in [0.5, 0.6) is 5.75 Å². The van der Waals surface area contributed by atoms with E-state index in [2.05, 4.69) is 15.7 Å². The molecule has 0 radical (unpaired) electrons. The van der Waals surface area contributed by atoms with Gasteiger partial charge in [0.15, 0.2) is 11.3 Å². The van der Waals surface area contributed by atoms with E-state index in [1.807, 2.05) is 29.1 Å². The van der Waals surface area contributed by atoms with Crippen molar-refractivity contribution < 1.29 is 14.3 Å². The smallest absolute Gasteiger partial charge is 0.257 e. The molecule has 1 aromatic heterocycles. The number of hydrogen-bond donors (Lipinski definition) is 2. The SMILES string of the molecule is COc1ccc(C(=O)NC(=S)Nc2ccc3c(cnn3C3CCCCO3)c2)cc1. The summed E-state index contributed by atoms with van der Waals surface area (Å²) in [4.78, 5) is 12.3. The Morgan fingerprint density at radius 3 is 2.79 bits per heavy atom. The molecule has 1 atom stereocenters. The molecule has 3 aromatic rings. The fraction of sp³-hybridized carbons (Fsp3) is 0.286. The molecule has 7 nitrogen and oxygen atoms in total. The van der Waals surface area contributed by atoms with Gasteiger partial charge in [0.1, 0.15) is 5.75 Å². The number of rotatable bonds is 4. The summed E-state index contributed by atoms with van der Waals surface area (Å²) in [6.45, 7) is 0.772. The number of carbonyl (C=O) groups is 1. The quantitative estimate of drug-likeness (QED) is 0.636. The normalized spacial score (nSPS) is 16.4. The summed E-state index contributed by atoms with van der Waals surface area (Å²) >= 11 is 5.28. The minimum atomic E-state index is -0.284. The van der Waals surface area contributed by atoms with Gasteiger partial charge in [-0.25, -0.2) is 4.68 Å². The van der Waals surface area contributed by atoms with E-state index in [0.717, 1.165) is 42.5 Å². The standard InChI is InChI=1S/C21H22N4O3S/c1-27-17-8-5-14(6-9-17)20(26)24-21(29)23-16-7-10-18-15(12-16)13-22-25(18)19-4-2-3-11-28-19/h5-10,12-13,19H,2-4,11H2,1H3,(H2,23,24,26,29). The molecule has 4 rings (SSSR count). The van der Waals surface area contributed by atoms with Gasteiger partial charge in [-0.05, 0) is 73.9 Å². The predicted molar refractivity (Wildman–Crippen MR) is 115 cm³/mol. The lowest BCUT2D eigenvalue weighted by atomic mass is 10.2. The van der Waals surface area contributed by atoms with Crippen LogP contribution in [0, 0.1) is 0 Å². The maximum atomic E-state index is 12.3. The minimum absolute atomic E-state index is 0.00933. The number of anilines is 1. The zero-order chi connectivity index (χ0) is 20.2. The van der Waals surface area contributed by atoms with E-state index in [1.165, 1.54) is 0 Å². The summed E-state index contributed by atoms with van der Waals surface area (Å²) in [5, 5.41) is 11.4. The zero-order valence-corrected chi connectivity index (χ0v) is 16.9. The highest BCUT2D eigenvalue weighted by molar-refractivity contribution is 7.80. The molecule has 1 fully saturated rings. The van der Waals surface area contributed by atoms with Gasteiger partial charge in [0.25, 0.3) is 5.91 Å². The molecule has 1 amide bonds. The minimum Gasteiger partial charge on any atom is -0.497 e. The monoisotopic (exact) mass is 410 g/mol. The van der Waals surface area contributed by atoms with Gasteiger partial charge in [-0.3, -0.25) is 10.1 Å². The Balaban J connectivity index is 1.41. The van der Waals surface area contributed by atoms with Crippen LogP contribution in [0.3, 0.4) is 0 Å². The van der Waals surface area contributed by atoms with Gasteiger partial charge in [0.2, 0.25) is 0 Å². The number of methoxy groups -OCH3 is 1. The summed E-state index contributed by atoms with van der Waals surface area (Å²) < 4.78 is 12.9. The average Bonchev–Trinajstić information content (AvgIpc) is 3.17. The lowest BCUT2D eigenvalue weighted by molar-refractivity contribution is -0.0366. The molecular formula is C21H22N4O3S. The van der Waals surface area contributed by atoms with E-state index in [-0.39, 0.29) is 17.2 Å². The average molecular weight is 410 g/mol. The molecule has 1 saturated heterocycles. The Labute approximate surface area is 174 Å². The van der Waals surface area contributed by atoms with Crippen LogP contribution in [0.1, 0.15) is 35.8 Å². The maximum absolute atomic E-state index is 12.3. The number of nitrogens with one attached hydrogen (secondary N) is 2. The van der Waals surface area contributed by atoms with Gasteiger partial charge in [0, 0.05) is 23.2 Å². The van der Waals surface area contributed by atoms with Crippen LogP contribution in [-0.4, -0.2) is 34.5 Å². The van der Waals surface area contributed by atoms with Crippen molar-refractivity contribution in [2.24, 2.45) is 0 Å². The van der Waals surface area contributed by atoms with Crippen LogP contribution in [0.2, 0.25) is 0 Å². The molecule has 0 bridgehead atoms. The van der Waals surface area contributed by atoms with Crippen LogP contribution in [-0.2, 0) is 4.74 Å². The van der Waals surface area contributed by atoms with Crippen LogP contribution in [0.25, 0.3) is 10.9 Å². The number of thiocarbonyl (C=S) groups is 1. The first-order chi connectivity index (χ1) is 14.1. The van der Waals surface area contributed by atoms with Gasteiger partial charge in [-0.2, -0.15) is 5.10 Å². The first kappa shape index (κ1) is 19.4. The highest BCUT2D eigenvalue weighted by Crippen LogP contribution is 2.27. The van der Waals surface area contributed by atoms with E-state index in [1.54, 1.807) is 31.4 Å². The van der Waals surface area contributed by atoms with Gasteiger partial charge in [-0.15, -0.1) is 0 Å². The van der Waals surface area contributed by atoms with E-state index < -0.39 is 0 Å². The van der Waals surface area contributed by atoms with Crippen LogP contribution in [0.4, 0.5) is 5.69 Å². The van der Waals surface area contributed by atoms with Gasteiger partial charge < -0.3 is 14.8 Å². The molecule has 2 aromatic carbocycles. The Morgan fingerprint density at radius 2 is 2.07 bits per heavy atom. The van der Waals surface area contributed by atoms with E-state index in [4.69, 9.17) is 21.7 Å². The third-order valence-electron chi connectivity index (χ3n) is 4.86. The second-order valence-electron chi connectivity index (χ2n) is 6.82. The molecule has 2 N–H and O–H groups in total. The largest absolute Gasteiger partial charge is 0.497 e. The summed E-state index contributed by atoms with van der Waals surface area (Å²) in [5.74, 6) is 0.406. The molecule has 0 saturated carbocycles. The van der Waals surface area contributed by atoms with Gasteiger partial charge >= 0.3 is 0 Å². The Hall–Kier alpha value is -2.97. The van der Waals surface area contributed by atoms with Gasteiger partial charge in [0.05, 0.1) is 18.8 Å². The topological polar surface area (TPSA) is 77.4 Å². The first-order valence-corrected chi connectivity index (χ1v) is 9.90. The molecule has 2 heterocycles. The maximum Gasteiger partial charge on any atom is 0.257 e. The molecule has 8 heteroatoms. The van der Waals surface area contributed by atoms with Crippen molar-refractivity contribution in [1.82, 2.24) is 15.1 Å². The predicted octanol–water partition coefficient (Wildman–Crippen LogP) is 3.87. The third kappa shape index (κ3) is 4.38. The van der Waals surface area contributed by atoms with Crippen molar-refractivity contribution in [2.75, 3.05) is 19.0 Å². The Bertz CT molecular complexity index is 1030. The number of amides is 1. The van der Waals surface area contributed by atoms with Crippen LogP contribution >= 0.6 is 12.2 Å². The van der Waals surface area contributed by atoms with E-state index in [9.17, 15) is 4.79 Å². The van der Waals surface area contributed by atoms with Crippen molar-refractivity contribution in [2.45, 2.75) is 25.5 Å². The molecule has 1 aliphatic heterocycles. The number of hydrogen-bond acceptors (Lipinski definition) is 5. The summed E-state index contributed by atoms with van der Waals surface area (Å²) in [6.07, 6.45) is 5.03. The summed E-state index contributed by atoms with van der Waals surface area (Å²) in [6, 6.07) is 12.7. The zero-order valence-electron chi connectivity index (χ0n) is 16.1. The molecule has 0 spiro atoms.